The molecule has 10 heteroatoms. The number of aromatic nitrogens is 2. The molecule has 0 spiro atoms. The Labute approximate surface area is 139 Å². The number of carbonyl (C=O) groups is 1. The number of benzene rings is 1. The number of rotatable bonds is 4. The van der Waals surface area contributed by atoms with Gasteiger partial charge in [-0.1, -0.05) is 12.1 Å². The molecule has 7 nitrogen and oxygen atoms in total. The summed E-state index contributed by atoms with van der Waals surface area (Å²) < 4.78 is 43.8. The first-order chi connectivity index (χ1) is 11.8. The van der Waals surface area contributed by atoms with E-state index in [-0.39, 0.29) is 17.3 Å². The van der Waals surface area contributed by atoms with Gasteiger partial charge in [0, 0.05) is 0 Å². The van der Waals surface area contributed by atoms with Crippen LogP contribution in [0.3, 0.4) is 0 Å². The van der Waals surface area contributed by atoms with Gasteiger partial charge in [-0.3, -0.25) is 10.1 Å². The topological polar surface area (TPSA) is 115 Å². The number of aromatic amines is 1. The van der Waals surface area contributed by atoms with Crippen LogP contribution in [0.5, 0.6) is 5.75 Å². The van der Waals surface area contributed by atoms with Crippen molar-refractivity contribution in [3.8, 4) is 17.9 Å². The zero-order valence-corrected chi connectivity index (χ0v) is 12.7. The maximum Gasteiger partial charge on any atom is 0.419 e. The van der Waals surface area contributed by atoms with Gasteiger partial charge in [0.15, 0.2) is 17.5 Å². The van der Waals surface area contributed by atoms with Gasteiger partial charge in [-0.05, 0) is 19.1 Å². The zero-order valence-electron chi connectivity index (χ0n) is 12.7. The predicted octanol–water partition coefficient (Wildman–Crippen LogP) is 2.58. The Hall–Kier alpha value is -3.53. The van der Waals surface area contributed by atoms with E-state index in [4.69, 9.17) is 15.3 Å². The summed E-state index contributed by atoms with van der Waals surface area (Å²) in [5.74, 6) is -1.48. The zero-order chi connectivity index (χ0) is 18.6. The number of hydrogen-bond donors (Lipinski definition) is 2. The number of alkyl halides is 3. The third-order valence-electron chi connectivity index (χ3n) is 3.03. The highest BCUT2D eigenvalue weighted by Crippen LogP contribution is 2.36. The highest BCUT2D eigenvalue weighted by atomic mass is 19.4. The van der Waals surface area contributed by atoms with E-state index in [0.717, 1.165) is 12.1 Å². The van der Waals surface area contributed by atoms with Gasteiger partial charge in [0.1, 0.15) is 17.9 Å². The lowest BCUT2D eigenvalue weighted by atomic mass is 10.2. The minimum absolute atomic E-state index is 0.145. The lowest BCUT2D eigenvalue weighted by Gasteiger charge is -2.17. The van der Waals surface area contributed by atoms with Gasteiger partial charge in [0.25, 0.3) is 5.91 Å². The highest BCUT2D eigenvalue weighted by Gasteiger charge is 2.34. The third-order valence-corrected chi connectivity index (χ3v) is 3.03. The molecule has 2 rings (SSSR count). The van der Waals surface area contributed by atoms with Gasteiger partial charge in [-0.15, -0.1) is 0 Å². The van der Waals surface area contributed by atoms with Gasteiger partial charge >= 0.3 is 6.18 Å². The number of amides is 1. The summed E-state index contributed by atoms with van der Waals surface area (Å²) in [5.41, 5.74) is -1.37. The number of nitrogens with one attached hydrogen (secondary N) is 2. The Balaban J connectivity index is 2.13. The molecule has 0 aliphatic heterocycles. The van der Waals surface area contributed by atoms with E-state index in [9.17, 15) is 18.0 Å². The number of H-pyrrole nitrogens is 1. The van der Waals surface area contributed by atoms with E-state index in [0.29, 0.717) is 0 Å². The molecule has 0 aliphatic rings. The Morgan fingerprint density at radius 2 is 2.00 bits per heavy atom. The molecule has 0 saturated heterocycles. The Morgan fingerprint density at radius 1 is 1.32 bits per heavy atom. The molecule has 0 saturated carbocycles. The second kappa shape index (κ2) is 6.93. The first-order valence-electron chi connectivity index (χ1n) is 6.80. The Bertz CT molecular complexity index is 845. The Kier molecular flexibility index (Phi) is 4.94. The van der Waals surface area contributed by atoms with Gasteiger partial charge in [-0.2, -0.15) is 23.7 Å². The van der Waals surface area contributed by atoms with Gasteiger partial charge in [-0.25, -0.2) is 4.98 Å². The molecule has 0 unspecified atom stereocenters. The summed E-state index contributed by atoms with van der Waals surface area (Å²) in [6, 6.07) is 7.83. The van der Waals surface area contributed by atoms with E-state index in [2.05, 4.69) is 15.3 Å². The summed E-state index contributed by atoms with van der Waals surface area (Å²) in [4.78, 5) is 18.1. The number of anilines is 1. The molecule has 1 aromatic heterocycles. The van der Waals surface area contributed by atoms with Crippen LogP contribution in [0.1, 0.15) is 23.9 Å². The highest BCUT2D eigenvalue weighted by molar-refractivity contribution is 5.92. The average molecular weight is 349 g/mol. The molecule has 2 N–H and O–H groups in total. The lowest BCUT2D eigenvalue weighted by Crippen LogP contribution is -2.31. The molecule has 25 heavy (non-hydrogen) atoms. The minimum atomic E-state index is -4.63. The molecule has 1 aromatic carbocycles. The van der Waals surface area contributed by atoms with Crippen molar-refractivity contribution in [3.05, 3.63) is 41.2 Å². The molecule has 2 aromatic rings. The fraction of sp³-hybridized carbons (Fsp3) is 0.200. The van der Waals surface area contributed by atoms with Gasteiger partial charge in [0.2, 0.25) is 5.95 Å². The van der Waals surface area contributed by atoms with Crippen molar-refractivity contribution < 1.29 is 22.7 Å². The SMILES string of the molecule is C[C@H](Oc1ccccc1C(F)(F)F)C(=O)Nc1nc(C#N)c(C#N)[nH]1. The number of imidazole rings is 1. The van der Waals surface area contributed by atoms with Crippen molar-refractivity contribution in [2.75, 3.05) is 5.32 Å². The van der Waals surface area contributed by atoms with Crippen LogP contribution in [-0.2, 0) is 11.0 Å². The number of ether oxygens (including phenoxy) is 1. The molecule has 0 fully saturated rings. The lowest BCUT2D eigenvalue weighted by molar-refractivity contribution is -0.140. The first-order valence-corrected chi connectivity index (χ1v) is 6.80. The number of hydrogen-bond acceptors (Lipinski definition) is 5. The second-order valence-electron chi connectivity index (χ2n) is 4.78. The normalized spacial score (nSPS) is 11.9. The molecule has 0 radical (unpaired) electrons. The largest absolute Gasteiger partial charge is 0.480 e. The molecule has 1 heterocycles. The summed E-state index contributed by atoms with van der Waals surface area (Å²) in [7, 11) is 0. The van der Waals surface area contributed by atoms with Crippen molar-refractivity contribution in [1.82, 2.24) is 9.97 Å². The molecular weight excluding hydrogens is 339 g/mol. The maximum atomic E-state index is 12.9. The van der Waals surface area contributed by atoms with Crippen LogP contribution in [0, 0.1) is 22.7 Å². The van der Waals surface area contributed by atoms with E-state index in [1.54, 1.807) is 12.1 Å². The van der Waals surface area contributed by atoms with Crippen molar-refractivity contribution in [1.29, 1.82) is 10.5 Å². The van der Waals surface area contributed by atoms with E-state index in [1.807, 2.05) is 0 Å². The van der Waals surface area contributed by atoms with Crippen LogP contribution in [0.2, 0.25) is 0 Å². The molecule has 1 amide bonds. The fourth-order valence-corrected chi connectivity index (χ4v) is 1.86. The smallest absolute Gasteiger partial charge is 0.419 e. The summed E-state index contributed by atoms with van der Waals surface area (Å²) in [6.07, 6.45) is -5.92. The number of para-hydroxylation sites is 1. The monoisotopic (exact) mass is 349 g/mol. The number of carbonyl (C=O) groups excluding carboxylic acids is 1. The van der Waals surface area contributed by atoms with Crippen LogP contribution in [0.15, 0.2) is 24.3 Å². The summed E-state index contributed by atoms with van der Waals surface area (Å²) >= 11 is 0. The quantitative estimate of drug-likeness (QED) is 0.880. The minimum Gasteiger partial charge on any atom is -0.480 e. The molecule has 1 atom stereocenters. The standard InChI is InChI=1S/C15H10F3N5O2/c1-8(25-12-5-3-2-4-9(12)15(16,17)18)13(24)23-14-21-10(6-19)11(7-20)22-14/h2-5,8H,1H3,(H2,21,22,23,24)/t8-/m0/s1. The van der Waals surface area contributed by atoms with Crippen molar-refractivity contribution in [2.24, 2.45) is 0 Å². The summed E-state index contributed by atoms with van der Waals surface area (Å²) in [5, 5.41) is 19.8. The van der Waals surface area contributed by atoms with E-state index >= 15 is 0 Å². The first kappa shape index (κ1) is 17.8. The summed E-state index contributed by atoms with van der Waals surface area (Å²) in [6.45, 7) is 1.25. The third kappa shape index (κ3) is 4.06. The Morgan fingerprint density at radius 3 is 2.56 bits per heavy atom. The second-order valence-corrected chi connectivity index (χ2v) is 4.78. The molecule has 0 aliphatic carbocycles. The number of nitrogens with zero attached hydrogens (tertiary/aromatic N) is 3. The van der Waals surface area contributed by atoms with Gasteiger partial charge < -0.3 is 9.72 Å². The fourth-order valence-electron chi connectivity index (χ4n) is 1.86. The van der Waals surface area contributed by atoms with Crippen LogP contribution in [0.25, 0.3) is 0 Å². The predicted molar refractivity (Wildman–Crippen MR) is 78.2 cm³/mol. The van der Waals surface area contributed by atoms with Gasteiger partial charge in [0.05, 0.1) is 5.56 Å². The average Bonchev–Trinajstić information content (AvgIpc) is 2.96. The number of halogens is 3. The van der Waals surface area contributed by atoms with Crippen LogP contribution < -0.4 is 10.1 Å². The molecule has 128 valence electrons. The maximum absolute atomic E-state index is 12.9. The van der Waals surface area contributed by atoms with Crippen molar-refractivity contribution in [3.63, 3.8) is 0 Å². The molecular formula is C15H10F3N5O2. The van der Waals surface area contributed by atoms with Crippen LogP contribution in [0.4, 0.5) is 19.1 Å². The van der Waals surface area contributed by atoms with Crippen LogP contribution >= 0.6 is 0 Å². The van der Waals surface area contributed by atoms with Crippen molar-refractivity contribution >= 4 is 11.9 Å². The molecule has 0 bridgehead atoms. The van der Waals surface area contributed by atoms with Crippen LogP contribution in [-0.4, -0.2) is 22.0 Å². The van der Waals surface area contributed by atoms with E-state index in [1.165, 1.54) is 19.1 Å². The number of nitriles is 2. The van der Waals surface area contributed by atoms with E-state index < -0.39 is 29.5 Å². The van der Waals surface area contributed by atoms with Crippen molar-refractivity contribution in [2.45, 2.75) is 19.2 Å².